The van der Waals surface area contributed by atoms with Gasteiger partial charge in [0.2, 0.25) is 0 Å². The van der Waals surface area contributed by atoms with Gasteiger partial charge in [-0.1, -0.05) is 30.3 Å². The number of rotatable bonds is 6. The van der Waals surface area contributed by atoms with Gasteiger partial charge in [-0.3, -0.25) is 9.48 Å². The summed E-state index contributed by atoms with van der Waals surface area (Å²) >= 11 is 1.75. The largest absolute Gasteiger partial charge is 0.341 e. The van der Waals surface area contributed by atoms with Crippen LogP contribution in [0.15, 0.2) is 48.5 Å². The van der Waals surface area contributed by atoms with Crippen LogP contribution in [0.4, 0.5) is 0 Å². The van der Waals surface area contributed by atoms with E-state index >= 15 is 0 Å². The summed E-state index contributed by atoms with van der Waals surface area (Å²) in [6.45, 7) is 0. The number of nitrogens with zero attached hydrogens (tertiary/aromatic N) is 3. The monoisotopic (exact) mass is 379 g/mol. The first-order chi connectivity index (χ1) is 13.2. The summed E-state index contributed by atoms with van der Waals surface area (Å²) in [4.78, 5) is 21.0. The molecule has 1 atom stereocenters. The minimum Gasteiger partial charge on any atom is -0.341 e. The predicted molar refractivity (Wildman–Crippen MR) is 110 cm³/mol. The van der Waals surface area contributed by atoms with Crippen LogP contribution < -0.4 is 5.32 Å². The van der Waals surface area contributed by atoms with Gasteiger partial charge in [-0.25, -0.2) is 4.98 Å². The number of benzene rings is 2. The van der Waals surface area contributed by atoms with Gasteiger partial charge in [-0.2, -0.15) is 16.9 Å². The number of aromatic nitrogens is 4. The number of hydrogen-bond acceptors (Lipinski definition) is 4. The van der Waals surface area contributed by atoms with Crippen LogP contribution in [0, 0.1) is 0 Å². The van der Waals surface area contributed by atoms with Crippen LogP contribution in [0.5, 0.6) is 0 Å². The fourth-order valence-electron chi connectivity index (χ4n) is 3.26. The Morgan fingerprint density at radius 1 is 1.22 bits per heavy atom. The zero-order chi connectivity index (χ0) is 18.8. The molecule has 0 saturated heterocycles. The normalized spacial score (nSPS) is 12.5. The summed E-state index contributed by atoms with van der Waals surface area (Å²) in [7, 11) is 1.85. The summed E-state index contributed by atoms with van der Waals surface area (Å²) in [5.41, 5.74) is 3.25. The summed E-state index contributed by atoms with van der Waals surface area (Å²) in [5, 5.41) is 8.41. The Hall–Kier alpha value is -2.80. The molecule has 6 nitrogen and oxygen atoms in total. The molecule has 0 saturated carbocycles. The van der Waals surface area contributed by atoms with E-state index in [1.54, 1.807) is 16.4 Å². The van der Waals surface area contributed by atoms with E-state index in [0.29, 0.717) is 5.69 Å². The van der Waals surface area contributed by atoms with E-state index in [9.17, 15) is 4.79 Å². The van der Waals surface area contributed by atoms with Gasteiger partial charge in [0.05, 0.1) is 22.6 Å². The molecule has 0 bridgehead atoms. The number of carbonyl (C=O) groups is 1. The second-order valence-corrected chi connectivity index (χ2v) is 7.42. The molecule has 0 unspecified atom stereocenters. The van der Waals surface area contributed by atoms with Crippen molar-refractivity contribution in [2.24, 2.45) is 7.05 Å². The molecular weight excluding hydrogens is 358 g/mol. The maximum atomic E-state index is 13.0. The van der Waals surface area contributed by atoms with Crippen molar-refractivity contribution in [2.45, 2.75) is 12.5 Å². The Balaban J connectivity index is 1.65. The van der Waals surface area contributed by atoms with Crippen LogP contribution in [0.3, 0.4) is 0 Å². The second kappa shape index (κ2) is 7.44. The number of thioether (sulfide) groups is 1. The summed E-state index contributed by atoms with van der Waals surface area (Å²) in [5.74, 6) is 1.52. The van der Waals surface area contributed by atoms with Crippen LogP contribution in [0.25, 0.3) is 21.9 Å². The van der Waals surface area contributed by atoms with Crippen molar-refractivity contribution in [1.82, 2.24) is 25.1 Å². The van der Waals surface area contributed by atoms with Crippen molar-refractivity contribution in [3.63, 3.8) is 0 Å². The molecule has 0 spiro atoms. The number of H-pyrrole nitrogens is 1. The highest BCUT2D eigenvalue weighted by molar-refractivity contribution is 7.98. The highest BCUT2D eigenvalue weighted by Crippen LogP contribution is 2.22. The lowest BCUT2D eigenvalue weighted by Gasteiger charge is -2.15. The average Bonchev–Trinajstić information content (AvgIpc) is 3.27. The second-order valence-electron chi connectivity index (χ2n) is 6.44. The fraction of sp³-hybridized carbons (Fsp3) is 0.250. The van der Waals surface area contributed by atoms with Crippen molar-refractivity contribution < 1.29 is 4.79 Å². The molecule has 4 aromatic rings. The van der Waals surface area contributed by atoms with Crippen molar-refractivity contribution >= 4 is 39.6 Å². The Kier molecular flexibility index (Phi) is 4.85. The molecular formula is C20H21N5OS. The van der Waals surface area contributed by atoms with Gasteiger partial charge in [0.1, 0.15) is 5.82 Å². The van der Waals surface area contributed by atoms with E-state index in [4.69, 9.17) is 0 Å². The van der Waals surface area contributed by atoms with Crippen LogP contribution in [0.2, 0.25) is 0 Å². The van der Waals surface area contributed by atoms with E-state index < -0.39 is 0 Å². The van der Waals surface area contributed by atoms with Crippen molar-refractivity contribution in [3.05, 3.63) is 60.0 Å². The molecule has 2 aromatic heterocycles. The predicted octanol–water partition coefficient (Wildman–Crippen LogP) is 3.67. The Labute approximate surface area is 161 Å². The molecule has 7 heteroatoms. The van der Waals surface area contributed by atoms with Crippen LogP contribution in [-0.4, -0.2) is 37.7 Å². The number of para-hydroxylation sites is 3. The lowest BCUT2D eigenvalue weighted by Crippen LogP contribution is -2.30. The molecule has 0 radical (unpaired) electrons. The molecule has 2 aromatic carbocycles. The summed E-state index contributed by atoms with van der Waals surface area (Å²) in [6.07, 6.45) is 2.85. The minimum atomic E-state index is -0.196. The SMILES string of the molecule is CSCC[C@@H](NC(=O)c1nn(C)c2ccccc12)c1nc2ccccc2[nH]1. The number of carbonyl (C=O) groups excluding carboxylic acids is 1. The highest BCUT2D eigenvalue weighted by Gasteiger charge is 2.22. The standard InChI is InChI=1S/C20H21N5OS/c1-25-17-10-6-3-7-13(17)18(24-25)20(26)23-16(11-12-27-2)19-21-14-8-4-5-9-15(14)22-19/h3-10,16H,11-12H2,1-2H3,(H,21,22)(H,23,26)/t16-/m1/s1. The highest BCUT2D eigenvalue weighted by atomic mass is 32.2. The van der Waals surface area contributed by atoms with Gasteiger partial charge in [0.15, 0.2) is 5.69 Å². The molecule has 2 N–H and O–H groups in total. The first-order valence-corrected chi connectivity index (χ1v) is 10.2. The Bertz CT molecular complexity index is 1070. The van der Waals surface area contributed by atoms with Crippen LogP contribution in [-0.2, 0) is 7.05 Å². The van der Waals surface area contributed by atoms with Crippen molar-refractivity contribution in [3.8, 4) is 0 Å². The van der Waals surface area contributed by atoms with Gasteiger partial charge >= 0.3 is 0 Å². The molecule has 138 valence electrons. The fourth-order valence-corrected chi connectivity index (χ4v) is 3.73. The van der Waals surface area contributed by atoms with Gasteiger partial charge in [-0.05, 0) is 36.6 Å². The maximum Gasteiger partial charge on any atom is 0.273 e. The average molecular weight is 379 g/mol. The smallest absolute Gasteiger partial charge is 0.273 e. The van der Waals surface area contributed by atoms with E-state index in [2.05, 4.69) is 26.6 Å². The lowest BCUT2D eigenvalue weighted by molar-refractivity contribution is 0.0930. The first-order valence-electron chi connectivity index (χ1n) is 8.83. The van der Waals surface area contributed by atoms with Gasteiger partial charge in [-0.15, -0.1) is 0 Å². The topological polar surface area (TPSA) is 75.6 Å². The first kappa shape index (κ1) is 17.6. The molecule has 2 heterocycles. The Morgan fingerprint density at radius 2 is 2.00 bits per heavy atom. The number of fused-ring (bicyclic) bond motifs is 2. The Morgan fingerprint density at radius 3 is 2.81 bits per heavy atom. The molecule has 4 rings (SSSR count). The molecule has 1 amide bonds. The molecule has 0 aliphatic rings. The van der Waals surface area contributed by atoms with Crippen molar-refractivity contribution in [2.75, 3.05) is 12.0 Å². The summed E-state index contributed by atoms with van der Waals surface area (Å²) in [6, 6.07) is 15.5. The number of nitrogens with one attached hydrogen (secondary N) is 2. The van der Waals surface area contributed by atoms with Gasteiger partial charge in [0, 0.05) is 12.4 Å². The van der Waals surface area contributed by atoms with Gasteiger partial charge in [0.25, 0.3) is 5.91 Å². The minimum absolute atomic E-state index is 0.182. The third-order valence-corrected chi connectivity index (χ3v) is 5.27. The molecule has 27 heavy (non-hydrogen) atoms. The van der Waals surface area contributed by atoms with Crippen molar-refractivity contribution in [1.29, 1.82) is 0 Å². The molecule has 0 fully saturated rings. The molecule has 0 aliphatic carbocycles. The number of aromatic amines is 1. The number of hydrogen-bond donors (Lipinski definition) is 2. The van der Waals surface area contributed by atoms with E-state index in [0.717, 1.165) is 39.9 Å². The quantitative estimate of drug-likeness (QED) is 0.536. The third kappa shape index (κ3) is 3.42. The van der Waals surface area contributed by atoms with E-state index in [-0.39, 0.29) is 11.9 Å². The van der Waals surface area contributed by atoms with Crippen LogP contribution >= 0.6 is 11.8 Å². The van der Waals surface area contributed by atoms with E-state index in [1.807, 2.05) is 55.6 Å². The summed E-state index contributed by atoms with van der Waals surface area (Å²) < 4.78 is 1.74. The lowest BCUT2D eigenvalue weighted by atomic mass is 10.1. The van der Waals surface area contributed by atoms with Crippen LogP contribution in [0.1, 0.15) is 28.8 Å². The van der Waals surface area contributed by atoms with Gasteiger partial charge < -0.3 is 10.3 Å². The number of aryl methyl sites for hydroxylation is 1. The maximum absolute atomic E-state index is 13.0. The zero-order valence-corrected chi connectivity index (χ0v) is 16.1. The number of imidazole rings is 1. The third-order valence-electron chi connectivity index (χ3n) is 4.63. The zero-order valence-electron chi connectivity index (χ0n) is 15.3. The number of amides is 1. The molecule has 0 aliphatic heterocycles. The van der Waals surface area contributed by atoms with E-state index in [1.165, 1.54) is 0 Å².